The van der Waals surface area contributed by atoms with E-state index in [1.807, 2.05) is 36.4 Å². The van der Waals surface area contributed by atoms with Crippen molar-refractivity contribution in [1.29, 1.82) is 0 Å². The van der Waals surface area contributed by atoms with Crippen LogP contribution < -0.4 is 10.1 Å². The lowest BCUT2D eigenvalue weighted by Crippen LogP contribution is -2.42. The van der Waals surface area contributed by atoms with Crippen LogP contribution in [-0.4, -0.2) is 29.4 Å². The van der Waals surface area contributed by atoms with Crippen LogP contribution in [0.3, 0.4) is 0 Å². The number of fused-ring (bicyclic) bond motifs is 1. The summed E-state index contributed by atoms with van der Waals surface area (Å²) < 4.78 is 5.76. The van der Waals surface area contributed by atoms with Gasteiger partial charge in [-0.1, -0.05) is 48.0 Å². The first kappa shape index (κ1) is 20.4. The third-order valence-electron chi connectivity index (χ3n) is 5.01. The molecule has 1 N–H and O–H groups in total. The van der Waals surface area contributed by atoms with Crippen LogP contribution in [0.4, 0.5) is 4.79 Å². The van der Waals surface area contributed by atoms with E-state index in [1.54, 1.807) is 25.1 Å². The molecule has 3 aromatic rings. The molecule has 0 aliphatic carbocycles. The molecule has 1 aliphatic rings. The van der Waals surface area contributed by atoms with Crippen molar-refractivity contribution < 1.29 is 19.1 Å². The molecule has 1 unspecified atom stereocenters. The highest BCUT2D eigenvalue weighted by atomic mass is 79.9. The number of carbonyl (C=O) groups excluding carboxylic acids is 3. The van der Waals surface area contributed by atoms with Gasteiger partial charge in [0.25, 0.3) is 5.91 Å². The molecule has 0 bridgehead atoms. The number of imide groups is 1. The van der Waals surface area contributed by atoms with Crippen molar-refractivity contribution in [3.8, 4) is 5.75 Å². The molecule has 0 aromatic heterocycles. The second-order valence-corrected chi connectivity index (χ2v) is 8.35. The first-order valence-electron chi connectivity index (χ1n) is 9.07. The number of hydrogen-bond donors (Lipinski definition) is 1. The topological polar surface area (TPSA) is 75.7 Å². The minimum Gasteiger partial charge on any atom is -0.424 e. The fourth-order valence-corrected chi connectivity index (χ4v) is 4.14. The van der Waals surface area contributed by atoms with Gasteiger partial charge in [-0.25, -0.2) is 9.59 Å². The van der Waals surface area contributed by atoms with Crippen molar-refractivity contribution in [3.05, 3.63) is 75.7 Å². The van der Waals surface area contributed by atoms with Crippen molar-refractivity contribution in [3.63, 3.8) is 0 Å². The molecule has 1 heterocycles. The van der Waals surface area contributed by atoms with Crippen LogP contribution in [0.25, 0.3) is 10.8 Å². The Hall–Kier alpha value is -2.90. The van der Waals surface area contributed by atoms with Crippen LogP contribution in [0.5, 0.6) is 5.75 Å². The van der Waals surface area contributed by atoms with Gasteiger partial charge in [-0.05, 0) is 63.5 Å². The summed E-state index contributed by atoms with van der Waals surface area (Å²) in [6, 6.07) is 17.3. The Bertz CT molecular complexity index is 1200. The second kappa shape index (κ2) is 7.74. The maximum atomic E-state index is 13.1. The number of carbonyl (C=O) groups is 3. The number of rotatable bonds is 4. The molecule has 1 aliphatic heterocycles. The molecule has 4 rings (SSSR count). The molecule has 30 heavy (non-hydrogen) atoms. The summed E-state index contributed by atoms with van der Waals surface area (Å²) in [5, 5.41) is 5.15. The van der Waals surface area contributed by atoms with E-state index in [2.05, 4.69) is 21.2 Å². The van der Waals surface area contributed by atoms with Crippen molar-refractivity contribution in [2.45, 2.75) is 12.5 Å². The summed E-state index contributed by atoms with van der Waals surface area (Å²) in [5.41, 5.74) is -0.640. The van der Waals surface area contributed by atoms with Gasteiger partial charge in [-0.2, -0.15) is 0 Å². The molecule has 0 spiro atoms. The lowest BCUT2D eigenvalue weighted by Gasteiger charge is -2.22. The van der Waals surface area contributed by atoms with Crippen molar-refractivity contribution in [1.82, 2.24) is 10.2 Å². The van der Waals surface area contributed by atoms with Crippen LogP contribution in [0.15, 0.2) is 65.1 Å². The van der Waals surface area contributed by atoms with E-state index in [0.717, 1.165) is 15.7 Å². The molecule has 0 saturated carbocycles. The fraction of sp³-hybridized carbons (Fsp3) is 0.136. The maximum Gasteiger partial charge on any atom is 0.331 e. The Kier molecular flexibility index (Phi) is 5.26. The quantitative estimate of drug-likeness (QED) is 0.331. The third-order valence-corrected chi connectivity index (χ3v) is 5.86. The number of nitrogens with zero attached hydrogens (tertiary/aromatic N) is 1. The Balaban J connectivity index is 1.54. The monoisotopic (exact) mass is 486 g/mol. The number of benzene rings is 3. The first-order valence-corrected chi connectivity index (χ1v) is 10.2. The molecular formula is C22H16BrClN2O4. The van der Waals surface area contributed by atoms with Crippen LogP contribution in [-0.2, 0) is 15.1 Å². The molecule has 1 fully saturated rings. The summed E-state index contributed by atoms with van der Waals surface area (Å²) >= 11 is 9.14. The average molecular weight is 488 g/mol. The molecule has 3 aromatic carbocycles. The predicted octanol–water partition coefficient (Wildman–Crippen LogP) is 4.63. The zero-order chi connectivity index (χ0) is 21.5. The smallest absolute Gasteiger partial charge is 0.331 e. The van der Waals surface area contributed by atoms with Gasteiger partial charge in [-0.3, -0.25) is 9.69 Å². The van der Waals surface area contributed by atoms with E-state index in [-0.39, 0.29) is 5.75 Å². The minimum absolute atomic E-state index is 0.244. The molecule has 6 nitrogen and oxygen atoms in total. The van der Waals surface area contributed by atoms with Crippen LogP contribution >= 0.6 is 27.5 Å². The van der Waals surface area contributed by atoms with E-state index < -0.39 is 30.0 Å². The summed E-state index contributed by atoms with van der Waals surface area (Å²) in [6.45, 7) is 1.11. The molecular weight excluding hydrogens is 472 g/mol. The summed E-state index contributed by atoms with van der Waals surface area (Å²) in [5.74, 6) is -1.02. The van der Waals surface area contributed by atoms with Crippen molar-refractivity contribution >= 4 is 56.2 Å². The number of urea groups is 1. The number of esters is 1. The van der Waals surface area contributed by atoms with Gasteiger partial charge in [0.05, 0.1) is 4.47 Å². The lowest BCUT2D eigenvalue weighted by molar-refractivity contribution is -0.141. The normalized spacial score (nSPS) is 18.6. The highest BCUT2D eigenvalue weighted by Gasteiger charge is 2.49. The van der Waals surface area contributed by atoms with E-state index >= 15 is 0 Å². The third kappa shape index (κ3) is 3.66. The standard InChI is InChI=1S/C22H16BrClN2O4/c1-22(15-7-6-13-4-2-3-5-14(13)10-15)20(28)26(21(29)25-22)12-19(27)30-18-9-8-16(24)11-17(18)23/h2-11H,12H2,1H3,(H,25,29). The summed E-state index contributed by atoms with van der Waals surface area (Å²) in [6.07, 6.45) is 0. The molecule has 152 valence electrons. The van der Waals surface area contributed by atoms with E-state index in [1.165, 1.54) is 6.07 Å². The van der Waals surface area contributed by atoms with Crippen LogP contribution in [0.1, 0.15) is 12.5 Å². The van der Waals surface area contributed by atoms with Gasteiger partial charge >= 0.3 is 12.0 Å². The molecule has 0 radical (unpaired) electrons. The van der Waals surface area contributed by atoms with Gasteiger partial charge in [0, 0.05) is 5.02 Å². The summed E-state index contributed by atoms with van der Waals surface area (Å²) in [7, 11) is 0. The zero-order valence-electron chi connectivity index (χ0n) is 15.8. The second-order valence-electron chi connectivity index (χ2n) is 7.06. The maximum absolute atomic E-state index is 13.1. The number of ether oxygens (including phenoxy) is 1. The van der Waals surface area contributed by atoms with E-state index in [0.29, 0.717) is 15.1 Å². The highest BCUT2D eigenvalue weighted by molar-refractivity contribution is 9.10. The van der Waals surface area contributed by atoms with Crippen LogP contribution in [0.2, 0.25) is 5.02 Å². The van der Waals surface area contributed by atoms with Crippen molar-refractivity contribution in [2.24, 2.45) is 0 Å². The fourth-order valence-electron chi connectivity index (χ4n) is 3.38. The van der Waals surface area contributed by atoms with Crippen molar-refractivity contribution in [2.75, 3.05) is 6.54 Å². The average Bonchev–Trinajstić information content (AvgIpc) is 2.94. The Morgan fingerprint density at radius 2 is 1.83 bits per heavy atom. The Morgan fingerprint density at radius 3 is 2.57 bits per heavy atom. The van der Waals surface area contributed by atoms with Gasteiger partial charge in [0.1, 0.15) is 17.8 Å². The van der Waals surface area contributed by atoms with Gasteiger partial charge in [0.15, 0.2) is 0 Å². The Labute approximate surface area is 185 Å². The minimum atomic E-state index is -1.28. The van der Waals surface area contributed by atoms with Gasteiger partial charge < -0.3 is 10.1 Å². The Morgan fingerprint density at radius 1 is 1.10 bits per heavy atom. The van der Waals surface area contributed by atoms with Crippen LogP contribution in [0, 0.1) is 0 Å². The number of nitrogens with one attached hydrogen (secondary N) is 1. The summed E-state index contributed by atoms with van der Waals surface area (Å²) in [4.78, 5) is 38.8. The molecule has 1 atom stereocenters. The number of amides is 3. The largest absolute Gasteiger partial charge is 0.424 e. The number of halogens is 2. The van der Waals surface area contributed by atoms with E-state index in [9.17, 15) is 14.4 Å². The highest BCUT2D eigenvalue weighted by Crippen LogP contribution is 2.32. The molecule has 1 saturated heterocycles. The zero-order valence-corrected chi connectivity index (χ0v) is 18.2. The SMILES string of the molecule is CC1(c2ccc3ccccc3c2)NC(=O)N(CC(=O)Oc2ccc(Cl)cc2Br)C1=O. The molecule has 8 heteroatoms. The molecule has 3 amide bonds. The van der Waals surface area contributed by atoms with Gasteiger partial charge in [0.2, 0.25) is 0 Å². The number of hydrogen-bond acceptors (Lipinski definition) is 4. The van der Waals surface area contributed by atoms with Gasteiger partial charge in [-0.15, -0.1) is 0 Å². The lowest BCUT2D eigenvalue weighted by atomic mass is 9.90. The first-order chi connectivity index (χ1) is 14.3. The van der Waals surface area contributed by atoms with E-state index in [4.69, 9.17) is 16.3 Å². The predicted molar refractivity (Wildman–Crippen MR) is 116 cm³/mol.